The van der Waals surface area contributed by atoms with Crippen LogP contribution in [-0.4, -0.2) is 11.9 Å². The topological polar surface area (TPSA) is 18.5 Å². The van der Waals surface area contributed by atoms with Crippen LogP contribution in [0.5, 0.6) is 5.75 Å². The van der Waals surface area contributed by atoms with Gasteiger partial charge in [0.05, 0.1) is 11.1 Å². The van der Waals surface area contributed by atoms with Crippen molar-refractivity contribution in [2.45, 2.75) is 45.5 Å². The second-order valence-corrected chi connectivity index (χ2v) is 4.99. The summed E-state index contributed by atoms with van der Waals surface area (Å²) in [6.07, 6.45) is 2.02. The van der Waals surface area contributed by atoms with Gasteiger partial charge >= 0.3 is 0 Å². The van der Waals surface area contributed by atoms with Crippen LogP contribution in [0.1, 0.15) is 32.8 Å². The van der Waals surface area contributed by atoms with Crippen molar-refractivity contribution in [1.82, 2.24) is 0 Å². The molecule has 1 unspecified atom stereocenters. The number of hydrogen-bond acceptors (Lipinski definition) is 2. The smallest absolute Gasteiger partial charge is 0.205 e. The third-order valence-electron chi connectivity index (χ3n) is 2.75. The molecule has 3 heteroatoms. The summed E-state index contributed by atoms with van der Waals surface area (Å²) < 4.78 is 11.8. The van der Waals surface area contributed by atoms with Gasteiger partial charge in [-0.05, 0) is 18.1 Å². The molecule has 0 spiro atoms. The molecule has 1 aliphatic rings. The Hall–Kier alpha value is -0.730. The van der Waals surface area contributed by atoms with Gasteiger partial charge in [0, 0.05) is 20.3 Å². The van der Waals surface area contributed by atoms with E-state index in [9.17, 15) is 0 Å². The Morgan fingerprint density at radius 2 is 2.19 bits per heavy atom. The second-order valence-electron chi connectivity index (χ2n) is 4.58. The van der Waals surface area contributed by atoms with E-state index in [1.807, 2.05) is 26.0 Å². The first kappa shape index (κ1) is 11.7. The summed E-state index contributed by atoms with van der Waals surface area (Å²) in [5.41, 5.74) is 1.13. The minimum Gasteiger partial charge on any atom is -0.461 e. The second kappa shape index (κ2) is 4.27. The van der Waals surface area contributed by atoms with Crippen molar-refractivity contribution in [1.29, 1.82) is 0 Å². The minimum absolute atomic E-state index is 0.190. The summed E-state index contributed by atoms with van der Waals surface area (Å²) >= 11 is 6.15. The van der Waals surface area contributed by atoms with Gasteiger partial charge in [-0.3, -0.25) is 0 Å². The Balaban J connectivity index is 2.42. The van der Waals surface area contributed by atoms with E-state index in [0.717, 1.165) is 24.2 Å². The van der Waals surface area contributed by atoms with E-state index in [0.29, 0.717) is 5.02 Å². The molecular weight excluding hydrogens is 224 g/mol. The minimum atomic E-state index is -0.614. The Morgan fingerprint density at radius 3 is 2.88 bits per heavy atom. The van der Waals surface area contributed by atoms with Crippen molar-refractivity contribution in [2.24, 2.45) is 0 Å². The molecule has 0 amide bonds. The molecule has 1 heterocycles. The fourth-order valence-corrected chi connectivity index (χ4v) is 2.25. The molecule has 1 aromatic carbocycles. The Morgan fingerprint density at radius 1 is 1.44 bits per heavy atom. The fraction of sp³-hybridized carbons (Fsp3) is 0.538. The molecular formula is C13H17ClO2. The molecule has 2 nitrogen and oxygen atoms in total. The monoisotopic (exact) mass is 240 g/mol. The van der Waals surface area contributed by atoms with Crippen molar-refractivity contribution in [3.63, 3.8) is 0 Å². The van der Waals surface area contributed by atoms with Crippen molar-refractivity contribution in [2.75, 3.05) is 0 Å². The number of rotatable bonds is 1. The van der Waals surface area contributed by atoms with Crippen LogP contribution < -0.4 is 4.74 Å². The highest BCUT2D eigenvalue weighted by Gasteiger charge is 2.31. The highest BCUT2D eigenvalue weighted by atomic mass is 35.5. The van der Waals surface area contributed by atoms with Crippen molar-refractivity contribution < 1.29 is 9.47 Å². The first-order chi connectivity index (χ1) is 7.52. The van der Waals surface area contributed by atoms with E-state index in [4.69, 9.17) is 21.1 Å². The molecule has 0 saturated carbocycles. The van der Waals surface area contributed by atoms with E-state index in [-0.39, 0.29) is 6.10 Å². The number of benzene rings is 1. The van der Waals surface area contributed by atoms with Crippen molar-refractivity contribution in [3.05, 3.63) is 28.8 Å². The van der Waals surface area contributed by atoms with Crippen LogP contribution in [-0.2, 0) is 11.2 Å². The van der Waals surface area contributed by atoms with E-state index < -0.39 is 5.79 Å². The molecule has 88 valence electrons. The largest absolute Gasteiger partial charge is 0.461 e. The molecule has 1 aliphatic heterocycles. The van der Waals surface area contributed by atoms with Gasteiger partial charge in [0.15, 0.2) is 0 Å². The molecule has 0 aromatic heterocycles. The van der Waals surface area contributed by atoms with Gasteiger partial charge in [-0.2, -0.15) is 0 Å². The molecule has 16 heavy (non-hydrogen) atoms. The van der Waals surface area contributed by atoms with Crippen LogP contribution in [0.25, 0.3) is 0 Å². The van der Waals surface area contributed by atoms with Crippen LogP contribution in [0, 0.1) is 0 Å². The molecule has 2 rings (SSSR count). The summed E-state index contributed by atoms with van der Waals surface area (Å²) in [4.78, 5) is 0. The summed E-state index contributed by atoms with van der Waals surface area (Å²) in [6.45, 7) is 5.97. The van der Waals surface area contributed by atoms with Crippen LogP contribution in [0.15, 0.2) is 18.2 Å². The van der Waals surface area contributed by atoms with E-state index in [1.165, 1.54) is 0 Å². The maximum absolute atomic E-state index is 6.15. The van der Waals surface area contributed by atoms with E-state index in [1.54, 1.807) is 0 Å². The van der Waals surface area contributed by atoms with Crippen molar-refractivity contribution in [3.8, 4) is 5.75 Å². The molecule has 0 radical (unpaired) electrons. The van der Waals surface area contributed by atoms with Crippen LogP contribution >= 0.6 is 11.6 Å². The lowest BCUT2D eigenvalue weighted by Crippen LogP contribution is -2.34. The number of halogens is 1. The molecule has 1 aromatic rings. The lowest BCUT2D eigenvalue weighted by Gasteiger charge is -2.27. The zero-order chi connectivity index (χ0) is 11.8. The zero-order valence-electron chi connectivity index (χ0n) is 9.92. The third-order valence-corrected chi connectivity index (χ3v) is 3.05. The number of fused-ring (bicyclic) bond motifs is 1. The lowest BCUT2D eigenvalue weighted by molar-refractivity contribution is -0.181. The Kier molecular flexibility index (Phi) is 3.13. The summed E-state index contributed by atoms with van der Waals surface area (Å²) in [7, 11) is 0. The first-order valence-electron chi connectivity index (χ1n) is 5.66. The van der Waals surface area contributed by atoms with Gasteiger partial charge < -0.3 is 9.47 Å². The number of hydrogen-bond donors (Lipinski definition) is 0. The standard InChI is InChI=1S/C13H17ClO2/c1-4-10-8-9-6-5-7-11(14)12(9)16-13(2,3)15-10/h5-7,10H,4,8H2,1-3H3. The number of para-hydroxylation sites is 1. The van der Waals surface area contributed by atoms with E-state index in [2.05, 4.69) is 13.0 Å². The quantitative estimate of drug-likeness (QED) is 0.743. The van der Waals surface area contributed by atoms with Gasteiger partial charge in [0.1, 0.15) is 5.75 Å². The van der Waals surface area contributed by atoms with E-state index >= 15 is 0 Å². The van der Waals surface area contributed by atoms with Crippen LogP contribution in [0.3, 0.4) is 0 Å². The van der Waals surface area contributed by atoms with Gasteiger partial charge in [0.25, 0.3) is 0 Å². The first-order valence-corrected chi connectivity index (χ1v) is 6.04. The maximum Gasteiger partial charge on any atom is 0.205 e. The Bertz CT molecular complexity index is 388. The third kappa shape index (κ3) is 2.33. The molecule has 1 atom stereocenters. The lowest BCUT2D eigenvalue weighted by atomic mass is 10.1. The molecule has 0 N–H and O–H groups in total. The molecule has 0 saturated heterocycles. The van der Waals surface area contributed by atoms with Crippen LogP contribution in [0.2, 0.25) is 5.02 Å². The van der Waals surface area contributed by atoms with Gasteiger partial charge in [-0.1, -0.05) is 30.7 Å². The number of ether oxygens (including phenoxy) is 2. The molecule has 0 aliphatic carbocycles. The van der Waals surface area contributed by atoms with Gasteiger partial charge in [0.2, 0.25) is 5.79 Å². The zero-order valence-corrected chi connectivity index (χ0v) is 10.7. The Labute approximate surface area is 102 Å². The highest BCUT2D eigenvalue weighted by Crippen LogP contribution is 2.36. The SMILES string of the molecule is CCC1Cc2cccc(Cl)c2OC(C)(C)O1. The maximum atomic E-state index is 6.15. The summed E-state index contributed by atoms with van der Waals surface area (Å²) in [5.74, 6) is 0.154. The molecule has 0 bridgehead atoms. The predicted octanol–water partition coefficient (Wildman–Crippen LogP) is 3.81. The van der Waals surface area contributed by atoms with Crippen molar-refractivity contribution >= 4 is 11.6 Å². The average Bonchev–Trinajstić information content (AvgIpc) is 2.34. The average molecular weight is 241 g/mol. The predicted molar refractivity (Wildman–Crippen MR) is 65.0 cm³/mol. The van der Waals surface area contributed by atoms with Gasteiger partial charge in [-0.25, -0.2) is 0 Å². The molecule has 0 fully saturated rings. The summed E-state index contributed by atoms with van der Waals surface area (Å²) in [6, 6.07) is 5.85. The van der Waals surface area contributed by atoms with Crippen LogP contribution in [0.4, 0.5) is 0 Å². The highest BCUT2D eigenvalue weighted by molar-refractivity contribution is 6.32. The normalized spacial score (nSPS) is 23.1. The fourth-order valence-electron chi connectivity index (χ4n) is 2.01. The van der Waals surface area contributed by atoms with Gasteiger partial charge in [-0.15, -0.1) is 0 Å². The summed E-state index contributed by atoms with van der Waals surface area (Å²) in [5, 5.41) is 0.658.